The van der Waals surface area contributed by atoms with E-state index in [9.17, 15) is 4.79 Å². The topological polar surface area (TPSA) is 58.4 Å². The van der Waals surface area contributed by atoms with Crippen LogP contribution in [-0.2, 0) is 13.0 Å². The van der Waals surface area contributed by atoms with E-state index in [1.165, 1.54) is 11.1 Å². The van der Waals surface area contributed by atoms with Crippen LogP contribution in [0.5, 0.6) is 0 Å². The van der Waals surface area contributed by atoms with Gasteiger partial charge in [0.05, 0.1) is 0 Å². The van der Waals surface area contributed by atoms with E-state index in [2.05, 4.69) is 62.5 Å². The van der Waals surface area contributed by atoms with Crippen LogP contribution in [0.25, 0.3) is 11.1 Å². The van der Waals surface area contributed by atoms with Crippen molar-refractivity contribution in [3.63, 3.8) is 0 Å². The van der Waals surface area contributed by atoms with Crippen molar-refractivity contribution < 1.29 is 4.79 Å². The maximum Gasteiger partial charge on any atom is 0.322 e. The summed E-state index contributed by atoms with van der Waals surface area (Å²) in [5.74, 6) is 0.329. The van der Waals surface area contributed by atoms with E-state index < -0.39 is 0 Å². The Morgan fingerprint density at radius 3 is 2.06 bits per heavy atom. The predicted molar refractivity (Wildman–Crippen MR) is 139 cm³/mol. The molecular formula is C29H37N3O. The van der Waals surface area contributed by atoms with Gasteiger partial charge in [0, 0.05) is 24.8 Å². The van der Waals surface area contributed by atoms with Gasteiger partial charge in [0.1, 0.15) is 0 Å². The predicted octanol–water partition coefficient (Wildman–Crippen LogP) is 6.40. The monoisotopic (exact) mass is 443 g/mol. The van der Waals surface area contributed by atoms with Crippen LogP contribution in [0, 0.1) is 5.92 Å². The second-order valence-corrected chi connectivity index (χ2v) is 8.80. The van der Waals surface area contributed by atoms with Gasteiger partial charge in [-0.3, -0.25) is 4.90 Å². The maximum atomic E-state index is 13.2. The molecule has 0 heterocycles. The Bertz CT molecular complexity index is 984. The van der Waals surface area contributed by atoms with Crippen molar-refractivity contribution in [1.82, 2.24) is 5.32 Å². The quantitative estimate of drug-likeness (QED) is 0.381. The number of nitrogens with two attached hydrogens (primary N) is 1. The Morgan fingerprint density at radius 1 is 0.879 bits per heavy atom. The first kappa shape index (κ1) is 24.5. The summed E-state index contributed by atoms with van der Waals surface area (Å²) in [7, 11) is 0. The fourth-order valence-electron chi connectivity index (χ4n) is 3.85. The molecule has 0 radical (unpaired) electrons. The minimum absolute atomic E-state index is 0.0942. The lowest BCUT2D eigenvalue weighted by atomic mass is 9.99. The van der Waals surface area contributed by atoms with E-state index in [-0.39, 0.29) is 12.1 Å². The molecule has 174 valence electrons. The molecule has 0 aliphatic carbocycles. The SMILES string of the molecule is CCCc1ccc(-c2ccc(N(CC(N)C(C)CC)C(=O)NCc3ccccc3)cc2)cc1. The number of aryl methyl sites for hydroxylation is 1. The number of hydrogen-bond acceptors (Lipinski definition) is 2. The third-order valence-electron chi connectivity index (χ3n) is 6.30. The Balaban J connectivity index is 1.77. The van der Waals surface area contributed by atoms with Crippen LogP contribution in [0.3, 0.4) is 0 Å². The van der Waals surface area contributed by atoms with Gasteiger partial charge < -0.3 is 11.1 Å². The van der Waals surface area contributed by atoms with Crippen LogP contribution in [0.4, 0.5) is 10.5 Å². The van der Waals surface area contributed by atoms with E-state index in [1.54, 1.807) is 4.90 Å². The molecule has 0 aliphatic rings. The molecule has 0 saturated heterocycles. The van der Waals surface area contributed by atoms with Crippen molar-refractivity contribution in [2.45, 2.75) is 52.6 Å². The molecular weight excluding hydrogens is 406 g/mol. The average Bonchev–Trinajstić information content (AvgIpc) is 2.86. The standard InChI is InChI=1S/C29H37N3O/c1-4-9-23-12-14-25(15-13-23)26-16-18-27(19-17-26)32(21-28(30)22(3)5-2)29(33)31-20-24-10-7-6-8-11-24/h6-8,10-19,22,28H,4-5,9,20-21,30H2,1-3H3,(H,31,33). The van der Waals surface area contributed by atoms with E-state index in [0.29, 0.717) is 19.0 Å². The van der Waals surface area contributed by atoms with Crippen molar-refractivity contribution in [2.24, 2.45) is 11.7 Å². The number of amides is 2. The van der Waals surface area contributed by atoms with Crippen LogP contribution < -0.4 is 16.0 Å². The van der Waals surface area contributed by atoms with Crippen molar-refractivity contribution in [1.29, 1.82) is 0 Å². The van der Waals surface area contributed by atoms with Gasteiger partial charge in [0.2, 0.25) is 0 Å². The number of carbonyl (C=O) groups excluding carboxylic acids is 1. The highest BCUT2D eigenvalue weighted by atomic mass is 16.2. The molecule has 2 atom stereocenters. The summed E-state index contributed by atoms with van der Waals surface area (Å²) in [4.78, 5) is 14.9. The lowest BCUT2D eigenvalue weighted by molar-refractivity contribution is 0.244. The summed E-state index contributed by atoms with van der Waals surface area (Å²) in [6, 6.07) is 26.6. The largest absolute Gasteiger partial charge is 0.334 e. The smallest absolute Gasteiger partial charge is 0.322 e. The van der Waals surface area contributed by atoms with Crippen LogP contribution in [0.15, 0.2) is 78.9 Å². The molecule has 3 N–H and O–H groups in total. The zero-order valence-corrected chi connectivity index (χ0v) is 20.1. The first-order chi connectivity index (χ1) is 16.0. The van der Waals surface area contributed by atoms with Crippen LogP contribution in [-0.4, -0.2) is 18.6 Å². The van der Waals surface area contributed by atoms with Crippen molar-refractivity contribution in [2.75, 3.05) is 11.4 Å². The zero-order valence-electron chi connectivity index (χ0n) is 20.1. The molecule has 3 rings (SSSR count). The van der Waals surface area contributed by atoms with Gasteiger partial charge in [-0.05, 0) is 46.7 Å². The molecule has 0 aromatic heterocycles. The molecule has 33 heavy (non-hydrogen) atoms. The number of nitrogens with zero attached hydrogens (tertiary/aromatic N) is 1. The lowest BCUT2D eigenvalue weighted by Crippen LogP contribution is -2.48. The number of urea groups is 1. The molecule has 0 saturated carbocycles. The highest BCUT2D eigenvalue weighted by Gasteiger charge is 2.21. The normalized spacial score (nSPS) is 12.7. The third kappa shape index (κ3) is 6.93. The number of rotatable bonds is 10. The number of carbonyl (C=O) groups is 1. The van der Waals surface area contributed by atoms with Crippen molar-refractivity contribution >= 4 is 11.7 Å². The molecule has 2 amide bonds. The van der Waals surface area contributed by atoms with Crippen LogP contribution in [0.1, 0.15) is 44.7 Å². The fourth-order valence-corrected chi connectivity index (χ4v) is 3.85. The Hall–Kier alpha value is -3.11. The second kappa shape index (κ2) is 12.2. The summed E-state index contributed by atoms with van der Waals surface area (Å²) in [6.07, 6.45) is 3.23. The van der Waals surface area contributed by atoms with Gasteiger partial charge >= 0.3 is 6.03 Å². The Morgan fingerprint density at radius 2 is 1.48 bits per heavy atom. The summed E-state index contributed by atoms with van der Waals surface area (Å²) >= 11 is 0. The van der Waals surface area contributed by atoms with E-state index in [1.807, 2.05) is 42.5 Å². The first-order valence-electron chi connectivity index (χ1n) is 12.1. The number of anilines is 1. The molecule has 0 bridgehead atoms. The lowest BCUT2D eigenvalue weighted by Gasteiger charge is -2.29. The minimum atomic E-state index is -0.130. The number of nitrogens with one attached hydrogen (secondary N) is 1. The molecule has 3 aromatic rings. The molecule has 0 spiro atoms. The Kier molecular flexibility index (Phi) is 9.08. The minimum Gasteiger partial charge on any atom is -0.334 e. The van der Waals surface area contributed by atoms with Crippen molar-refractivity contribution in [3.8, 4) is 11.1 Å². The van der Waals surface area contributed by atoms with E-state index in [0.717, 1.165) is 36.1 Å². The second-order valence-electron chi connectivity index (χ2n) is 8.80. The highest BCUT2D eigenvalue weighted by Crippen LogP contribution is 2.25. The fraction of sp³-hybridized carbons (Fsp3) is 0.345. The van der Waals surface area contributed by atoms with E-state index >= 15 is 0 Å². The highest BCUT2D eigenvalue weighted by molar-refractivity contribution is 5.92. The average molecular weight is 444 g/mol. The Labute approximate surface area is 198 Å². The molecule has 4 heteroatoms. The molecule has 0 aliphatic heterocycles. The maximum absolute atomic E-state index is 13.2. The number of hydrogen-bond donors (Lipinski definition) is 2. The van der Waals surface area contributed by atoms with E-state index in [4.69, 9.17) is 5.73 Å². The summed E-state index contributed by atoms with van der Waals surface area (Å²) in [5, 5.41) is 3.06. The van der Waals surface area contributed by atoms with Gasteiger partial charge in [0.25, 0.3) is 0 Å². The van der Waals surface area contributed by atoms with Crippen LogP contribution in [0.2, 0.25) is 0 Å². The zero-order chi connectivity index (χ0) is 23.6. The van der Waals surface area contributed by atoms with Gasteiger partial charge in [-0.1, -0.05) is 100 Å². The third-order valence-corrected chi connectivity index (χ3v) is 6.30. The molecule has 4 nitrogen and oxygen atoms in total. The van der Waals surface area contributed by atoms with Crippen molar-refractivity contribution in [3.05, 3.63) is 90.0 Å². The number of benzene rings is 3. The summed E-state index contributed by atoms with van der Waals surface area (Å²) < 4.78 is 0. The molecule has 3 aromatic carbocycles. The first-order valence-corrected chi connectivity index (χ1v) is 12.1. The van der Waals surface area contributed by atoms with Gasteiger partial charge in [-0.2, -0.15) is 0 Å². The van der Waals surface area contributed by atoms with Gasteiger partial charge in [0.15, 0.2) is 0 Å². The van der Waals surface area contributed by atoms with Crippen LogP contribution >= 0.6 is 0 Å². The van der Waals surface area contributed by atoms with Gasteiger partial charge in [-0.25, -0.2) is 4.79 Å². The summed E-state index contributed by atoms with van der Waals surface area (Å²) in [6.45, 7) is 7.42. The van der Waals surface area contributed by atoms with Gasteiger partial charge in [-0.15, -0.1) is 0 Å². The summed E-state index contributed by atoms with van der Waals surface area (Å²) in [5.41, 5.74) is 12.0. The molecule has 2 unspecified atom stereocenters. The molecule has 0 fully saturated rings.